The van der Waals surface area contributed by atoms with Gasteiger partial charge in [-0.25, -0.2) is 5.10 Å². The molecule has 4 saturated carbocycles. The predicted octanol–water partition coefficient (Wildman–Crippen LogP) is 2.42. The first-order valence-corrected chi connectivity index (χ1v) is 11.6. The van der Waals surface area contributed by atoms with E-state index in [0.29, 0.717) is 42.9 Å². The molecule has 5 aliphatic rings. The van der Waals surface area contributed by atoms with Crippen molar-refractivity contribution in [1.29, 1.82) is 0 Å². The first-order valence-electron chi connectivity index (χ1n) is 11.6. The third-order valence-corrected chi connectivity index (χ3v) is 8.24. The molecule has 7 nitrogen and oxygen atoms in total. The van der Waals surface area contributed by atoms with Crippen LogP contribution in [0.5, 0.6) is 0 Å². The molecule has 0 radical (unpaired) electrons. The van der Waals surface area contributed by atoms with Gasteiger partial charge < -0.3 is 9.80 Å². The number of rotatable bonds is 2. The quantitative estimate of drug-likeness (QED) is 0.809. The van der Waals surface area contributed by atoms with Crippen LogP contribution in [0.4, 0.5) is 0 Å². The Kier molecular flexibility index (Phi) is 4.24. The molecule has 1 saturated heterocycles. The Labute approximate surface area is 180 Å². The number of carbonyl (C=O) groups is 2. The number of amides is 2. The van der Waals surface area contributed by atoms with Gasteiger partial charge in [-0.2, -0.15) is 5.10 Å². The highest BCUT2D eigenvalue weighted by molar-refractivity contribution is 6.04. The zero-order valence-corrected chi connectivity index (χ0v) is 17.7. The van der Waals surface area contributed by atoms with E-state index in [1.54, 1.807) is 23.1 Å². The molecule has 4 bridgehead atoms. The summed E-state index contributed by atoms with van der Waals surface area (Å²) in [5.41, 5.74) is -0.147. The molecular formula is C24H28N4O3. The molecule has 2 heterocycles. The molecule has 0 spiro atoms. The highest BCUT2D eigenvalue weighted by atomic mass is 16.2. The predicted molar refractivity (Wildman–Crippen MR) is 115 cm³/mol. The van der Waals surface area contributed by atoms with E-state index in [9.17, 15) is 14.4 Å². The lowest BCUT2D eigenvalue weighted by atomic mass is 9.49. The van der Waals surface area contributed by atoms with E-state index in [2.05, 4.69) is 10.2 Å². The molecule has 1 aliphatic heterocycles. The van der Waals surface area contributed by atoms with Gasteiger partial charge in [0, 0.05) is 31.6 Å². The Bertz CT molecular complexity index is 1080. The second-order valence-electron chi connectivity index (χ2n) is 10.2. The van der Waals surface area contributed by atoms with E-state index in [4.69, 9.17) is 0 Å². The highest BCUT2D eigenvalue weighted by Gasteiger charge is 2.55. The summed E-state index contributed by atoms with van der Waals surface area (Å²) >= 11 is 0. The first kappa shape index (κ1) is 19.0. The summed E-state index contributed by atoms with van der Waals surface area (Å²) in [6, 6.07) is 7.05. The van der Waals surface area contributed by atoms with Gasteiger partial charge >= 0.3 is 0 Å². The summed E-state index contributed by atoms with van der Waals surface area (Å²) in [6.45, 7) is 2.17. The maximum absolute atomic E-state index is 13.6. The van der Waals surface area contributed by atoms with E-state index in [1.165, 1.54) is 19.3 Å². The number of nitrogens with one attached hydrogen (secondary N) is 1. The van der Waals surface area contributed by atoms with Crippen molar-refractivity contribution in [1.82, 2.24) is 20.0 Å². The zero-order chi connectivity index (χ0) is 21.2. The van der Waals surface area contributed by atoms with Crippen LogP contribution in [0.15, 0.2) is 29.1 Å². The van der Waals surface area contributed by atoms with Crippen molar-refractivity contribution in [2.24, 2.45) is 23.2 Å². The largest absolute Gasteiger partial charge is 0.339 e. The molecule has 2 aromatic rings. The number of nitrogens with zero attached hydrogens (tertiary/aromatic N) is 3. The van der Waals surface area contributed by atoms with Gasteiger partial charge in [0.2, 0.25) is 5.91 Å². The maximum Gasteiger partial charge on any atom is 0.275 e. The normalized spacial score (nSPS) is 31.9. The summed E-state index contributed by atoms with van der Waals surface area (Å²) in [5, 5.41) is 7.54. The fourth-order valence-corrected chi connectivity index (χ4v) is 7.25. The van der Waals surface area contributed by atoms with E-state index in [0.717, 1.165) is 37.0 Å². The number of aromatic amines is 1. The van der Waals surface area contributed by atoms with Gasteiger partial charge in [-0.15, -0.1) is 0 Å². The van der Waals surface area contributed by atoms with Crippen LogP contribution in [0.25, 0.3) is 10.8 Å². The van der Waals surface area contributed by atoms with Crippen molar-refractivity contribution in [2.45, 2.75) is 38.5 Å². The van der Waals surface area contributed by atoms with Crippen LogP contribution in [-0.4, -0.2) is 58.0 Å². The van der Waals surface area contributed by atoms with Gasteiger partial charge in [0.25, 0.3) is 11.5 Å². The minimum Gasteiger partial charge on any atom is -0.339 e. The first-order chi connectivity index (χ1) is 15.0. The van der Waals surface area contributed by atoms with Gasteiger partial charge in [0.05, 0.1) is 10.8 Å². The highest BCUT2D eigenvalue weighted by Crippen LogP contribution is 2.60. The molecule has 7 rings (SSSR count). The Morgan fingerprint density at radius 1 is 0.871 bits per heavy atom. The van der Waals surface area contributed by atoms with Crippen molar-refractivity contribution in [3.8, 4) is 0 Å². The minimum atomic E-state index is -0.293. The number of H-pyrrole nitrogens is 1. The van der Waals surface area contributed by atoms with E-state index < -0.39 is 0 Å². The summed E-state index contributed by atoms with van der Waals surface area (Å²) in [4.78, 5) is 42.5. The summed E-state index contributed by atoms with van der Waals surface area (Å²) < 4.78 is 0. The standard InChI is InChI=1S/C24H28N4O3/c29-21-19-4-2-1-3-18(19)20(25-26-21)22(30)27-5-7-28(8-6-27)23(31)24-12-15-9-16(13-24)11-17(10-15)14-24/h1-4,15-17H,5-14H2,(H,26,29). The molecule has 7 heteroatoms. The average molecular weight is 421 g/mol. The average Bonchev–Trinajstić information content (AvgIpc) is 2.78. The summed E-state index contributed by atoms with van der Waals surface area (Å²) in [6.07, 6.45) is 7.21. The molecule has 5 fully saturated rings. The summed E-state index contributed by atoms with van der Waals surface area (Å²) in [7, 11) is 0. The van der Waals surface area contributed by atoms with Crippen molar-refractivity contribution >= 4 is 22.6 Å². The smallest absolute Gasteiger partial charge is 0.275 e. The van der Waals surface area contributed by atoms with Gasteiger partial charge in [0.1, 0.15) is 0 Å². The third kappa shape index (κ3) is 3.00. The van der Waals surface area contributed by atoms with Crippen LogP contribution in [-0.2, 0) is 4.79 Å². The second kappa shape index (κ2) is 6.90. The maximum atomic E-state index is 13.6. The van der Waals surface area contributed by atoms with Crippen molar-refractivity contribution in [2.75, 3.05) is 26.2 Å². The van der Waals surface area contributed by atoms with Crippen LogP contribution in [0.1, 0.15) is 49.0 Å². The second-order valence-corrected chi connectivity index (χ2v) is 10.2. The number of fused-ring (bicyclic) bond motifs is 1. The molecule has 1 N–H and O–H groups in total. The third-order valence-electron chi connectivity index (χ3n) is 8.24. The van der Waals surface area contributed by atoms with Gasteiger partial charge in [-0.05, 0) is 62.3 Å². The lowest BCUT2D eigenvalue weighted by molar-refractivity contribution is -0.159. The number of aromatic nitrogens is 2. The van der Waals surface area contributed by atoms with Gasteiger partial charge in [0.15, 0.2) is 5.69 Å². The number of piperazine rings is 1. The van der Waals surface area contributed by atoms with Crippen LogP contribution < -0.4 is 5.56 Å². The van der Waals surface area contributed by atoms with E-state index in [-0.39, 0.29) is 22.6 Å². The molecule has 2 amide bonds. The molecule has 162 valence electrons. The fourth-order valence-electron chi connectivity index (χ4n) is 7.25. The topological polar surface area (TPSA) is 86.4 Å². The van der Waals surface area contributed by atoms with Crippen molar-refractivity contribution < 1.29 is 9.59 Å². The lowest BCUT2D eigenvalue weighted by Crippen LogP contribution is -2.58. The Morgan fingerprint density at radius 2 is 1.42 bits per heavy atom. The SMILES string of the molecule is O=C(c1n[nH]c(=O)c2ccccc12)N1CCN(C(=O)C23CC4CC(CC(C4)C2)C3)CC1. The number of hydrogen-bond donors (Lipinski definition) is 1. The fraction of sp³-hybridized carbons (Fsp3) is 0.583. The molecular weight excluding hydrogens is 392 g/mol. The van der Waals surface area contributed by atoms with Crippen LogP contribution in [0, 0.1) is 23.2 Å². The minimum absolute atomic E-state index is 0.127. The van der Waals surface area contributed by atoms with E-state index in [1.807, 2.05) is 11.0 Å². The zero-order valence-electron chi connectivity index (χ0n) is 17.7. The molecule has 1 aromatic carbocycles. The number of hydrogen-bond acceptors (Lipinski definition) is 4. The summed E-state index contributed by atoms with van der Waals surface area (Å²) in [5.74, 6) is 2.40. The lowest BCUT2D eigenvalue weighted by Gasteiger charge is -2.57. The number of benzene rings is 1. The Hall–Kier alpha value is -2.70. The molecule has 31 heavy (non-hydrogen) atoms. The molecule has 4 aliphatic carbocycles. The van der Waals surface area contributed by atoms with Gasteiger partial charge in [-0.1, -0.05) is 18.2 Å². The van der Waals surface area contributed by atoms with E-state index >= 15 is 0 Å². The molecule has 0 unspecified atom stereocenters. The van der Waals surface area contributed by atoms with Crippen molar-refractivity contribution in [3.05, 3.63) is 40.3 Å². The monoisotopic (exact) mass is 420 g/mol. The van der Waals surface area contributed by atoms with Gasteiger partial charge in [-0.3, -0.25) is 14.4 Å². The Morgan fingerprint density at radius 3 is 2.03 bits per heavy atom. The van der Waals surface area contributed by atoms with Crippen molar-refractivity contribution in [3.63, 3.8) is 0 Å². The molecule has 1 aromatic heterocycles. The van der Waals surface area contributed by atoms with Crippen LogP contribution >= 0.6 is 0 Å². The van der Waals surface area contributed by atoms with Crippen LogP contribution in [0.3, 0.4) is 0 Å². The van der Waals surface area contributed by atoms with Crippen LogP contribution in [0.2, 0.25) is 0 Å². The molecule has 0 atom stereocenters. The number of carbonyl (C=O) groups excluding carboxylic acids is 2. The Balaban J connectivity index is 1.17.